The van der Waals surface area contributed by atoms with E-state index in [1.165, 1.54) is 9.08 Å². The Morgan fingerprint density at radius 1 is 1.17 bits per heavy atom. The van der Waals surface area contributed by atoms with E-state index in [1.54, 1.807) is 6.20 Å². The summed E-state index contributed by atoms with van der Waals surface area (Å²) in [6.45, 7) is 2.32. The van der Waals surface area contributed by atoms with Gasteiger partial charge in [-0.3, -0.25) is 9.38 Å². The van der Waals surface area contributed by atoms with E-state index < -0.39 is 0 Å². The van der Waals surface area contributed by atoms with Crippen molar-refractivity contribution in [2.45, 2.75) is 13.5 Å². The topological polar surface area (TPSA) is 52.2 Å². The minimum Gasteiger partial charge on any atom is -0.256 e. The summed E-state index contributed by atoms with van der Waals surface area (Å²) >= 11 is 0. The van der Waals surface area contributed by atoms with Crippen molar-refractivity contribution in [1.82, 2.24) is 19.2 Å². The summed E-state index contributed by atoms with van der Waals surface area (Å²) in [5, 5.41) is 4.26. The van der Waals surface area contributed by atoms with Crippen molar-refractivity contribution in [1.29, 1.82) is 0 Å². The number of pyridine rings is 2. The number of fused-ring (bicyclic) bond motifs is 1. The van der Waals surface area contributed by atoms with Crippen LogP contribution in [0.15, 0.2) is 47.4 Å². The molecule has 3 aromatic rings. The number of aromatic nitrogens is 4. The lowest BCUT2D eigenvalue weighted by molar-refractivity contribution is 0.645. The maximum absolute atomic E-state index is 12.1. The molecule has 0 aliphatic heterocycles. The maximum atomic E-state index is 12.1. The monoisotopic (exact) mass is 240 g/mol. The third-order valence-electron chi connectivity index (χ3n) is 2.75. The molecule has 3 rings (SSSR count). The third kappa shape index (κ3) is 1.79. The van der Waals surface area contributed by atoms with E-state index in [1.807, 2.05) is 43.3 Å². The molecule has 0 amide bonds. The summed E-state index contributed by atoms with van der Waals surface area (Å²) in [5.74, 6) is 0. The molecule has 18 heavy (non-hydrogen) atoms. The first-order valence-corrected chi connectivity index (χ1v) is 5.71. The minimum absolute atomic E-state index is 0.145. The lowest BCUT2D eigenvalue weighted by Crippen LogP contribution is -2.22. The normalized spacial score (nSPS) is 10.9. The highest BCUT2D eigenvalue weighted by Crippen LogP contribution is 2.01. The molecule has 0 N–H and O–H groups in total. The molecule has 0 aliphatic rings. The van der Waals surface area contributed by atoms with Crippen LogP contribution in [-0.4, -0.2) is 19.2 Å². The quantitative estimate of drug-likeness (QED) is 0.677. The van der Waals surface area contributed by atoms with Gasteiger partial charge in [-0.25, -0.2) is 9.48 Å². The van der Waals surface area contributed by atoms with Gasteiger partial charge in [0.2, 0.25) is 0 Å². The van der Waals surface area contributed by atoms with E-state index in [2.05, 4.69) is 10.1 Å². The van der Waals surface area contributed by atoms with E-state index in [0.29, 0.717) is 12.2 Å². The fraction of sp³-hybridized carbons (Fsp3) is 0.154. The summed E-state index contributed by atoms with van der Waals surface area (Å²) in [5.41, 5.74) is 2.27. The Balaban J connectivity index is 2.05. The van der Waals surface area contributed by atoms with Gasteiger partial charge in [-0.2, -0.15) is 0 Å². The Hall–Kier alpha value is -2.43. The standard InChI is InChI=1S/C13H12N4O/c1-10-5-4-6-11(14-10)9-17-13(18)16-8-3-2-7-12(16)15-17/h2-8H,9H2,1H3. The summed E-state index contributed by atoms with van der Waals surface area (Å²) in [4.78, 5) is 16.4. The van der Waals surface area contributed by atoms with Crippen molar-refractivity contribution in [2.75, 3.05) is 0 Å². The Morgan fingerprint density at radius 2 is 2.06 bits per heavy atom. The summed E-state index contributed by atoms with van der Waals surface area (Å²) in [7, 11) is 0. The van der Waals surface area contributed by atoms with Crippen molar-refractivity contribution < 1.29 is 0 Å². The Bertz CT molecular complexity index is 757. The molecular weight excluding hydrogens is 228 g/mol. The van der Waals surface area contributed by atoms with Gasteiger partial charge in [0.1, 0.15) is 0 Å². The number of nitrogens with zero attached hydrogens (tertiary/aromatic N) is 4. The first-order chi connectivity index (χ1) is 8.74. The number of aryl methyl sites for hydroxylation is 1. The van der Waals surface area contributed by atoms with Crippen LogP contribution in [0, 0.1) is 6.92 Å². The molecule has 90 valence electrons. The molecule has 0 aromatic carbocycles. The van der Waals surface area contributed by atoms with Crippen LogP contribution in [0.25, 0.3) is 5.65 Å². The second-order valence-corrected chi connectivity index (χ2v) is 4.14. The molecular formula is C13H12N4O. The predicted octanol–water partition coefficient (Wildman–Crippen LogP) is 1.25. The number of hydrogen-bond donors (Lipinski definition) is 0. The predicted molar refractivity (Wildman–Crippen MR) is 67.5 cm³/mol. The van der Waals surface area contributed by atoms with Crippen molar-refractivity contribution in [3.05, 3.63) is 64.5 Å². The molecule has 0 radical (unpaired) electrons. The lowest BCUT2D eigenvalue weighted by Gasteiger charge is -2.00. The van der Waals surface area contributed by atoms with Crippen LogP contribution in [0.4, 0.5) is 0 Å². The van der Waals surface area contributed by atoms with Gasteiger partial charge >= 0.3 is 5.69 Å². The summed E-state index contributed by atoms with van der Waals surface area (Å²) in [6.07, 6.45) is 1.71. The molecule has 0 saturated heterocycles. The zero-order chi connectivity index (χ0) is 12.5. The van der Waals surface area contributed by atoms with Gasteiger partial charge in [0, 0.05) is 11.9 Å². The molecule has 0 unspecified atom stereocenters. The van der Waals surface area contributed by atoms with E-state index in [9.17, 15) is 4.79 Å². The molecule has 0 atom stereocenters. The maximum Gasteiger partial charge on any atom is 0.350 e. The zero-order valence-corrected chi connectivity index (χ0v) is 9.95. The van der Waals surface area contributed by atoms with Crippen LogP contribution in [-0.2, 0) is 6.54 Å². The summed E-state index contributed by atoms with van der Waals surface area (Å²) < 4.78 is 2.95. The zero-order valence-electron chi connectivity index (χ0n) is 9.95. The van der Waals surface area contributed by atoms with Crippen LogP contribution >= 0.6 is 0 Å². The van der Waals surface area contributed by atoms with Gasteiger partial charge < -0.3 is 0 Å². The molecule has 0 bridgehead atoms. The first kappa shape index (κ1) is 10.7. The highest BCUT2D eigenvalue weighted by Gasteiger charge is 2.06. The molecule has 0 saturated carbocycles. The molecule has 0 aliphatic carbocycles. The smallest absolute Gasteiger partial charge is 0.256 e. The largest absolute Gasteiger partial charge is 0.350 e. The average molecular weight is 240 g/mol. The van der Waals surface area contributed by atoms with Crippen LogP contribution < -0.4 is 5.69 Å². The van der Waals surface area contributed by atoms with Crippen LogP contribution in [0.5, 0.6) is 0 Å². The molecule has 5 nitrogen and oxygen atoms in total. The molecule has 3 heterocycles. The van der Waals surface area contributed by atoms with Gasteiger partial charge in [-0.05, 0) is 31.2 Å². The van der Waals surface area contributed by atoms with Crippen molar-refractivity contribution in [2.24, 2.45) is 0 Å². The van der Waals surface area contributed by atoms with Gasteiger partial charge in [0.15, 0.2) is 5.65 Å². The van der Waals surface area contributed by atoms with E-state index >= 15 is 0 Å². The van der Waals surface area contributed by atoms with Gasteiger partial charge in [0.05, 0.1) is 12.2 Å². The van der Waals surface area contributed by atoms with Crippen LogP contribution in [0.1, 0.15) is 11.4 Å². The van der Waals surface area contributed by atoms with Crippen molar-refractivity contribution in [3.8, 4) is 0 Å². The van der Waals surface area contributed by atoms with Crippen LogP contribution in [0.3, 0.4) is 0 Å². The van der Waals surface area contributed by atoms with Crippen molar-refractivity contribution >= 4 is 5.65 Å². The number of hydrogen-bond acceptors (Lipinski definition) is 3. The first-order valence-electron chi connectivity index (χ1n) is 5.71. The molecule has 0 spiro atoms. The average Bonchev–Trinajstić information content (AvgIpc) is 2.67. The van der Waals surface area contributed by atoms with Gasteiger partial charge in [-0.1, -0.05) is 12.1 Å². The second kappa shape index (κ2) is 4.10. The number of rotatable bonds is 2. The highest BCUT2D eigenvalue weighted by atomic mass is 16.2. The SMILES string of the molecule is Cc1cccc(Cn2nc3ccccn3c2=O)n1. The Labute approximate surface area is 103 Å². The Morgan fingerprint density at radius 3 is 2.83 bits per heavy atom. The third-order valence-corrected chi connectivity index (χ3v) is 2.75. The Kier molecular flexibility index (Phi) is 2.44. The van der Waals surface area contributed by atoms with Crippen LogP contribution in [0.2, 0.25) is 0 Å². The lowest BCUT2D eigenvalue weighted by atomic mass is 10.3. The van der Waals surface area contributed by atoms with Gasteiger partial charge in [0.25, 0.3) is 0 Å². The van der Waals surface area contributed by atoms with E-state index in [0.717, 1.165) is 11.4 Å². The summed E-state index contributed by atoms with van der Waals surface area (Å²) in [6, 6.07) is 11.2. The molecule has 0 fully saturated rings. The fourth-order valence-corrected chi connectivity index (χ4v) is 1.91. The highest BCUT2D eigenvalue weighted by molar-refractivity contribution is 5.35. The van der Waals surface area contributed by atoms with Gasteiger partial charge in [-0.15, -0.1) is 5.10 Å². The second-order valence-electron chi connectivity index (χ2n) is 4.14. The molecule has 3 aromatic heterocycles. The minimum atomic E-state index is -0.145. The van der Waals surface area contributed by atoms with E-state index in [4.69, 9.17) is 0 Å². The van der Waals surface area contributed by atoms with E-state index in [-0.39, 0.29) is 5.69 Å². The molecule has 5 heteroatoms. The fourth-order valence-electron chi connectivity index (χ4n) is 1.91. The van der Waals surface area contributed by atoms with Crippen molar-refractivity contribution in [3.63, 3.8) is 0 Å².